The molecule has 0 radical (unpaired) electrons. The first-order valence-corrected chi connectivity index (χ1v) is 11.9. The van der Waals surface area contributed by atoms with Crippen molar-refractivity contribution in [1.29, 1.82) is 0 Å². The number of hydrogen-bond donors (Lipinski definition) is 0. The van der Waals surface area contributed by atoms with Crippen molar-refractivity contribution >= 4 is 23.2 Å². The lowest BCUT2D eigenvalue weighted by atomic mass is 10.1. The Balaban J connectivity index is 1.50. The van der Waals surface area contributed by atoms with Crippen LogP contribution in [0.15, 0.2) is 35.7 Å². The van der Waals surface area contributed by atoms with Gasteiger partial charge in [-0.05, 0) is 55.8 Å². The second-order valence-corrected chi connectivity index (χ2v) is 9.59. The molecule has 2 aromatic rings. The van der Waals surface area contributed by atoms with E-state index in [1.807, 2.05) is 54.5 Å². The molecule has 166 valence electrons. The Morgan fingerprint density at radius 1 is 1.10 bits per heavy atom. The van der Waals surface area contributed by atoms with Crippen LogP contribution >= 0.6 is 11.3 Å². The zero-order chi connectivity index (χ0) is 21.8. The molecule has 31 heavy (non-hydrogen) atoms. The first-order chi connectivity index (χ1) is 15.0. The van der Waals surface area contributed by atoms with Gasteiger partial charge in [-0.15, -0.1) is 11.3 Å². The molecule has 0 unspecified atom stereocenters. The number of rotatable bonds is 8. The SMILES string of the molecule is CC(C)N(CC(=O)N(Cc1ccc2c(c1)OCO2)Cc1cccs1)C(=O)C1CCCC1. The molecule has 0 N–H and O–H groups in total. The second-order valence-electron chi connectivity index (χ2n) is 8.56. The molecule has 2 aliphatic rings. The molecule has 2 amide bonds. The Kier molecular flexibility index (Phi) is 6.80. The van der Waals surface area contributed by atoms with Gasteiger partial charge in [0, 0.05) is 23.4 Å². The van der Waals surface area contributed by atoms with E-state index in [1.165, 1.54) is 0 Å². The fourth-order valence-corrected chi connectivity index (χ4v) is 4.97. The molecule has 1 aromatic heterocycles. The zero-order valence-electron chi connectivity index (χ0n) is 18.2. The van der Waals surface area contributed by atoms with Crippen LogP contribution in [0.4, 0.5) is 0 Å². The first kappa shape index (κ1) is 21.7. The van der Waals surface area contributed by atoms with Crippen molar-refractivity contribution in [1.82, 2.24) is 9.80 Å². The summed E-state index contributed by atoms with van der Waals surface area (Å²) in [5.74, 6) is 1.59. The van der Waals surface area contributed by atoms with E-state index in [1.54, 1.807) is 16.2 Å². The van der Waals surface area contributed by atoms with Crippen molar-refractivity contribution in [3.63, 3.8) is 0 Å². The van der Waals surface area contributed by atoms with Gasteiger partial charge in [0.05, 0.1) is 6.54 Å². The molecular formula is C24H30N2O4S. The second kappa shape index (κ2) is 9.73. The Bertz CT molecular complexity index is 906. The third-order valence-electron chi connectivity index (χ3n) is 6.01. The number of fused-ring (bicyclic) bond motifs is 1. The molecular weight excluding hydrogens is 412 g/mol. The summed E-state index contributed by atoms with van der Waals surface area (Å²) in [5, 5.41) is 2.02. The van der Waals surface area contributed by atoms with Gasteiger partial charge in [0.25, 0.3) is 0 Å². The summed E-state index contributed by atoms with van der Waals surface area (Å²) < 4.78 is 10.9. The first-order valence-electron chi connectivity index (χ1n) is 11.0. The zero-order valence-corrected chi connectivity index (χ0v) is 19.0. The highest BCUT2D eigenvalue weighted by Crippen LogP contribution is 2.33. The van der Waals surface area contributed by atoms with Crippen LogP contribution in [0.3, 0.4) is 0 Å². The van der Waals surface area contributed by atoms with Crippen molar-refractivity contribution in [3.05, 3.63) is 46.2 Å². The Labute approximate surface area is 187 Å². The van der Waals surface area contributed by atoms with Gasteiger partial charge in [-0.3, -0.25) is 9.59 Å². The molecule has 0 saturated heterocycles. The van der Waals surface area contributed by atoms with Crippen molar-refractivity contribution < 1.29 is 19.1 Å². The number of nitrogens with zero attached hydrogens (tertiary/aromatic N) is 2. The van der Waals surface area contributed by atoms with E-state index in [2.05, 4.69) is 0 Å². The minimum absolute atomic E-state index is 0.00817. The monoisotopic (exact) mass is 442 g/mol. The maximum absolute atomic E-state index is 13.4. The van der Waals surface area contributed by atoms with Gasteiger partial charge in [0.1, 0.15) is 6.54 Å². The number of thiophene rings is 1. The van der Waals surface area contributed by atoms with Crippen molar-refractivity contribution in [3.8, 4) is 11.5 Å². The Morgan fingerprint density at radius 2 is 1.87 bits per heavy atom. The lowest BCUT2D eigenvalue weighted by Crippen LogP contribution is -2.47. The average molecular weight is 443 g/mol. The van der Waals surface area contributed by atoms with E-state index in [-0.39, 0.29) is 37.1 Å². The van der Waals surface area contributed by atoms with E-state index in [9.17, 15) is 9.59 Å². The molecule has 7 heteroatoms. The van der Waals surface area contributed by atoms with Crippen molar-refractivity contribution in [2.45, 2.75) is 58.7 Å². The number of ether oxygens (including phenoxy) is 2. The van der Waals surface area contributed by atoms with E-state index in [4.69, 9.17) is 9.47 Å². The molecule has 0 bridgehead atoms. The third-order valence-corrected chi connectivity index (χ3v) is 6.87. The minimum Gasteiger partial charge on any atom is -0.454 e. The minimum atomic E-state index is -0.0360. The highest BCUT2D eigenvalue weighted by Gasteiger charge is 2.31. The molecule has 0 spiro atoms. The molecule has 4 rings (SSSR count). The molecule has 6 nitrogen and oxygen atoms in total. The summed E-state index contributed by atoms with van der Waals surface area (Å²) in [5.41, 5.74) is 0.979. The van der Waals surface area contributed by atoms with Crippen LogP contribution in [-0.2, 0) is 22.7 Å². The molecule has 1 aliphatic carbocycles. The van der Waals surface area contributed by atoms with Crippen molar-refractivity contribution in [2.24, 2.45) is 5.92 Å². The number of benzene rings is 1. The van der Waals surface area contributed by atoms with E-state index < -0.39 is 0 Å². The van der Waals surface area contributed by atoms with Gasteiger partial charge in [-0.1, -0.05) is 25.0 Å². The summed E-state index contributed by atoms with van der Waals surface area (Å²) >= 11 is 1.63. The number of carbonyl (C=O) groups excluding carboxylic acids is 2. The van der Waals surface area contributed by atoms with Crippen LogP contribution < -0.4 is 9.47 Å². The summed E-state index contributed by atoms with van der Waals surface area (Å²) in [7, 11) is 0. The highest BCUT2D eigenvalue weighted by atomic mass is 32.1. The van der Waals surface area contributed by atoms with Crippen LogP contribution in [0.5, 0.6) is 11.5 Å². The van der Waals surface area contributed by atoms with E-state index >= 15 is 0 Å². The van der Waals surface area contributed by atoms with E-state index in [0.29, 0.717) is 18.8 Å². The van der Waals surface area contributed by atoms with Crippen LogP contribution in [0, 0.1) is 5.92 Å². The Hall–Kier alpha value is -2.54. The van der Waals surface area contributed by atoms with Crippen LogP contribution in [0.2, 0.25) is 0 Å². The number of amides is 2. The number of carbonyl (C=O) groups is 2. The van der Waals surface area contributed by atoms with Crippen LogP contribution in [-0.4, -0.2) is 41.0 Å². The molecule has 2 heterocycles. The third kappa shape index (κ3) is 5.21. The van der Waals surface area contributed by atoms with Crippen molar-refractivity contribution in [2.75, 3.05) is 13.3 Å². The molecule has 1 aromatic carbocycles. The molecule has 1 saturated carbocycles. The van der Waals surface area contributed by atoms with Gasteiger partial charge in [-0.2, -0.15) is 0 Å². The maximum atomic E-state index is 13.4. The van der Waals surface area contributed by atoms with E-state index in [0.717, 1.165) is 41.9 Å². The molecule has 0 atom stereocenters. The number of hydrogen-bond acceptors (Lipinski definition) is 5. The fourth-order valence-electron chi connectivity index (χ4n) is 4.25. The summed E-state index contributed by atoms with van der Waals surface area (Å²) in [6.07, 6.45) is 4.08. The maximum Gasteiger partial charge on any atom is 0.242 e. The quantitative estimate of drug-likeness (QED) is 0.607. The Morgan fingerprint density at radius 3 is 2.58 bits per heavy atom. The summed E-state index contributed by atoms with van der Waals surface area (Å²) in [4.78, 5) is 31.2. The predicted molar refractivity (Wildman–Crippen MR) is 120 cm³/mol. The van der Waals surface area contributed by atoms with Crippen LogP contribution in [0.1, 0.15) is 50.0 Å². The largest absolute Gasteiger partial charge is 0.454 e. The lowest BCUT2D eigenvalue weighted by molar-refractivity contribution is -0.145. The lowest BCUT2D eigenvalue weighted by Gasteiger charge is -2.31. The van der Waals surface area contributed by atoms with Gasteiger partial charge in [0.15, 0.2) is 11.5 Å². The van der Waals surface area contributed by atoms with Gasteiger partial charge >= 0.3 is 0 Å². The van der Waals surface area contributed by atoms with Gasteiger partial charge in [0.2, 0.25) is 18.6 Å². The fraction of sp³-hybridized carbons (Fsp3) is 0.500. The normalized spacial score (nSPS) is 15.5. The summed E-state index contributed by atoms with van der Waals surface area (Å²) in [6, 6.07) is 9.80. The smallest absolute Gasteiger partial charge is 0.242 e. The van der Waals surface area contributed by atoms with Gasteiger partial charge < -0.3 is 19.3 Å². The predicted octanol–water partition coefficient (Wildman–Crippen LogP) is 4.43. The highest BCUT2D eigenvalue weighted by molar-refractivity contribution is 7.09. The molecule has 1 aliphatic heterocycles. The summed E-state index contributed by atoms with van der Waals surface area (Å²) in [6.45, 7) is 5.29. The average Bonchev–Trinajstić information content (AvgIpc) is 3.53. The topological polar surface area (TPSA) is 59.1 Å². The van der Waals surface area contributed by atoms with Gasteiger partial charge in [-0.25, -0.2) is 0 Å². The van der Waals surface area contributed by atoms with Crippen LogP contribution in [0.25, 0.3) is 0 Å². The molecule has 1 fully saturated rings. The standard InChI is InChI=1S/C24H30N2O4S/c1-17(2)26(24(28)19-6-3-4-7-19)15-23(27)25(14-20-8-5-11-31-20)13-18-9-10-21-22(12-18)30-16-29-21/h5,8-12,17,19H,3-4,6-7,13-16H2,1-2H3.